The van der Waals surface area contributed by atoms with Gasteiger partial charge in [-0.3, -0.25) is 14.4 Å². The average molecular weight is 444 g/mol. The molecule has 1 N–H and O–H groups in total. The molecule has 1 aromatic carbocycles. The number of carbonyl (C=O) groups excluding carboxylic acids is 3. The van der Waals surface area contributed by atoms with Crippen LogP contribution in [0.4, 0.5) is 10.8 Å². The van der Waals surface area contributed by atoms with Crippen molar-refractivity contribution in [1.82, 2.24) is 4.98 Å². The Morgan fingerprint density at radius 1 is 1.23 bits per heavy atom. The number of ether oxygens (including phenoxy) is 2. The molecule has 31 heavy (non-hydrogen) atoms. The number of ketones is 1. The summed E-state index contributed by atoms with van der Waals surface area (Å²) in [6, 6.07) is 5.20. The summed E-state index contributed by atoms with van der Waals surface area (Å²) in [6.45, 7) is 4.32. The van der Waals surface area contributed by atoms with Gasteiger partial charge in [0.2, 0.25) is 11.8 Å². The Morgan fingerprint density at radius 2 is 2.00 bits per heavy atom. The van der Waals surface area contributed by atoms with Crippen LogP contribution in [0.3, 0.4) is 0 Å². The van der Waals surface area contributed by atoms with Crippen LogP contribution in [-0.2, 0) is 16.0 Å². The molecule has 9 heteroatoms. The van der Waals surface area contributed by atoms with E-state index >= 15 is 0 Å². The fraction of sp³-hybridized carbons (Fsp3) is 0.455. The average Bonchev–Trinajstić information content (AvgIpc) is 3.29. The van der Waals surface area contributed by atoms with E-state index in [4.69, 9.17) is 9.47 Å². The van der Waals surface area contributed by atoms with Crippen molar-refractivity contribution < 1.29 is 23.9 Å². The van der Waals surface area contributed by atoms with E-state index in [0.29, 0.717) is 40.0 Å². The number of anilines is 2. The van der Waals surface area contributed by atoms with Crippen LogP contribution < -0.4 is 19.7 Å². The highest BCUT2D eigenvalue weighted by atomic mass is 32.1. The van der Waals surface area contributed by atoms with Crippen LogP contribution >= 0.6 is 11.3 Å². The molecule has 4 rings (SSSR count). The van der Waals surface area contributed by atoms with E-state index in [-0.39, 0.29) is 36.0 Å². The minimum absolute atomic E-state index is 0.0677. The predicted molar refractivity (Wildman–Crippen MR) is 117 cm³/mol. The van der Waals surface area contributed by atoms with Crippen LogP contribution in [-0.4, -0.2) is 43.3 Å². The maximum Gasteiger partial charge on any atom is 0.231 e. The van der Waals surface area contributed by atoms with Crippen molar-refractivity contribution in [2.75, 3.05) is 31.0 Å². The van der Waals surface area contributed by atoms with Crippen LogP contribution in [0.1, 0.15) is 42.1 Å². The van der Waals surface area contributed by atoms with Crippen LogP contribution in [0, 0.1) is 11.3 Å². The number of nitrogens with zero attached hydrogens (tertiary/aromatic N) is 2. The number of aromatic nitrogens is 1. The van der Waals surface area contributed by atoms with Gasteiger partial charge in [0.05, 0.1) is 36.4 Å². The largest absolute Gasteiger partial charge is 0.497 e. The molecule has 0 saturated carbocycles. The highest BCUT2D eigenvalue weighted by Crippen LogP contribution is 2.39. The zero-order valence-electron chi connectivity index (χ0n) is 18.0. The number of methoxy groups -OCH3 is 2. The Balaban J connectivity index is 1.48. The second-order valence-corrected chi connectivity index (χ2v) is 9.67. The first-order valence-corrected chi connectivity index (χ1v) is 10.9. The first-order valence-electron chi connectivity index (χ1n) is 10.1. The van der Waals surface area contributed by atoms with Gasteiger partial charge in [0.25, 0.3) is 0 Å². The third-order valence-corrected chi connectivity index (χ3v) is 6.69. The van der Waals surface area contributed by atoms with Crippen LogP contribution in [0.15, 0.2) is 18.2 Å². The zero-order chi connectivity index (χ0) is 22.3. The third kappa shape index (κ3) is 4.14. The summed E-state index contributed by atoms with van der Waals surface area (Å²) >= 11 is 1.21. The number of carbonyl (C=O) groups is 3. The number of Topliss-reactive ketones (excluding diaryl/α,β-unsaturated/α-hetero) is 1. The minimum Gasteiger partial charge on any atom is -0.497 e. The van der Waals surface area contributed by atoms with Gasteiger partial charge in [-0.25, -0.2) is 4.98 Å². The maximum absolute atomic E-state index is 12.9. The molecule has 1 atom stereocenters. The standard InChI is InChI=1S/C22H25N3O5S/c1-22(2)9-14-19(16(26)10-22)31-21(23-14)24-20(28)12-7-18(27)25(11-12)15-6-5-13(29-3)8-17(15)30-4/h5-6,8,12H,7,9-11H2,1-4H3,(H,23,24,28). The molecule has 1 unspecified atom stereocenters. The summed E-state index contributed by atoms with van der Waals surface area (Å²) < 4.78 is 10.6. The molecule has 1 fully saturated rings. The van der Waals surface area contributed by atoms with Gasteiger partial charge in [-0.15, -0.1) is 0 Å². The molecule has 1 aliphatic carbocycles. The highest BCUT2D eigenvalue weighted by molar-refractivity contribution is 7.17. The second-order valence-electron chi connectivity index (χ2n) is 8.67. The first kappa shape index (κ1) is 21.3. The van der Waals surface area contributed by atoms with E-state index in [1.165, 1.54) is 18.4 Å². The summed E-state index contributed by atoms with van der Waals surface area (Å²) in [5, 5.41) is 3.23. The van der Waals surface area contributed by atoms with Crippen LogP contribution in [0.2, 0.25) is 0 Å². The molecule has 2 amide bonds. The molecule has 0 radical (unpaired) electrons. The topological polar surface area (TPSA) is 97.8 Å². The Kier molecular flexibility index (Phi) is 5.47. The van der Waals surface area contributed by atoms with Crippen molar-refractivity contribution in [1.29, 1.82) is 0 Å². The van der Waals surface area contributed by atoms with Crippen LogP contribution in [0.25, 0.3) is 0 Å². The van der Waals surface area contributed by atoms with E-state index in [1.807, 2.05) is 13.8 Å². The lowest BCUT2D eigenvalue weighted by molar-refractivity contribution is -0.122. The summed E-state index contributed by atoms with van der Waals surface area (Å²) in [5.74, 6) is 0.236. The molecular weight excluding hydrogens is 418 g/mol. The van der Waals surface area contributed by atoms with Gasteiger partial charge in [-0.2, -0.15) is 0 Å². The second kappa shape index (κ2) is 7.96. The molecule has 2 aromatic rings. The van der Waals surface area contributed by atoms with Crippen molar-refractivity contribution in [2.45, 2.75) is 33.1 Å². The highest BCUT2D eigenvalue weighted by Gasteiger charge is 2.38. The molecule has 164 valence electrons. The third-order valence-electron chi connectivity index (χ3n) is 5.64. The van der Waals surface area contributed by atoms with Crippen molar-refractivity contribution in [3.63, 3.8) is 0 Å². The van der Waals surface area contributed by atoms with Crippen molar-refractivity contribution in [3.05, 3.63) is 28.8 Å². The number of thiazole rings is 1. The maximum atomic E-state index is 12.9. The molecule has 2 aliphatic rings. The lowest BCUT2D eigenvalue weighted by atomic mass is 9.78. The summed E-state index contributed by atoms with van der Waals surface area (Å²) in [6.07, 6.45) is 1.27. The minimum atomic E-state index is -0.521. The SMILES string of the molecule is COc1ccc(N2CC(C(=O)Nc3nc4c(s3)C(=O)CC(C)(C)C4)CC2=O)c(OC)c1. The van der Waals surface area contributed by atoms with E-state index in [9.17, 15) is 14.4 Å². The van der Waals surface area contributed by atoms with E-state index in [1.54, 1.807) is 30.2 Å². The molecule has 1 aromatic heterocycles. The normalized spacial score (nSPS) is 19.9. The molecule has 0 spiro atoms. The Hall–Kier alpha value is -2.94. The number of hydrogen-bond donors (Lipinski definition) is 1. The number of benzene rings is 1. The summed E-state index contributed by atoms with van der Waals surface area (Å²) in [5.41, 5.74) is 1.21. The quantitative estimate of drug-likeness (QED) is 0.761. The molecular formula is C22H25N3O5S. The number of fused-ring (bicyclic) bond motifs is 1. The van der Waals surface area contributed by atoms with E-state index in [2.05, 4.69) is 10.3 Å². The molecule has 8 nitrogen and oxygen atoms in total. The zero-order valence-corrected chi connectivity index (χ0v) is 18.8. The Labute approximate surface area is 184 Å². The van der Waals surface area contributed by atoms with Crippen molar-refractivity contribution in [3.8, 4) is 11.5 Å². The first-order chi connectivity index (χ1) is 14.7. The molecule has 2 heterocycles. The van der Waals surface area contributed by atoms with Gasteiger partial charge in [-0.1, -0.05) is 25.2 Å². The Bertz CT molecular complexity index is 1060. The number of hydrogen-bond acceptors (Lipinski definition) is 7. The van der Waals surface area contributed by atoms with Gasteiger partial charge >= 0.3 is 0 Å². The summed E-state index contributed by atoms with van der Waals surface area (Å²) in [7, 11) is 3.08. The number of amides is 2. The lowest BCUT2D eigenvalue weighted by Crippen LogP contribution is -2.28. The van der Waals surface area contributed by atoms with Gasteiger partial charge in [0.1, 0.15) is 11.5 Å². The summed E-state index contributed by atoms with van der Waals surface area (Å²) in [4.78, 5) is 44.6. The smallest absolute Gasteiger partial charge is 0.231 e. The molecule has 0 bridgehead atoms. The van der Waals surface area contributed by atoms with Crippen LogP contribution in [0.5, 0.6) is 11.5 Å². The lowest BCUT2D eigenvalue weighted by Gasteiger charge is -2.26. The van der Waals surface area contributed by atoms with Gasteiger partial charge in [0.15, 0.2) is 10.9 Å². The fourth-order valence-electron chi connectivity index (χ4n) is 4.10. The monoisotopic (exact) mass is 443 g/mol. The number of nitrogens with one attached hydrogen (secondary N) is 1. The predicted octanol–water partition coefficient (Wildman–Crippen LogP) is 3.31. The van der Waals surface area contributed by atoms with E-state index < -0.39 is 5.92 Å². The fourth-order valence-corrected chi connectivity index (χ4v) is 5.03. The number of rotatable bonds is 5. The van der Waals surface area contributed by atoms with Gasteiger partial charge < -0.3 is 19.7 Å². The van der Waals surface area contributed by atoms with Gasteiger partial charge in [0, 0.05) is 25.5 Å². The van der Waals surface area contributed by atoms with E-state index in [0.717, 1.165) is 5.69 Å². The molecule has 1 aliphatic heterocycles. The molecule has 1 saturated heterocycles. The Morgan fingerprint density at radius 3 is 2.71 bits per heavy atom. The van der Waals surface area contributed by atoms with Crippen molar-refractivity contribution in [2.24, 2.45) is 11.3 Å². The van der Waals surface area contributed by atoms with Gasteiger partial charge in [-0.05, 0) is 24.0 Å². The van der Waals surface area contributed by atoms with Crippen molar-refractivity contribution >= 4 is 39.8 Å².